The molecule has 0 bridgehead atoms. The number of nitrogens with zero attached hydrogens (tertiary/aromatic N) is 3. The molecule has 3 rings (SSSR count). The van der Waals surface area contributed by atoms with Crippen LogP contribution in [0.4, 0.5) is 5.69 Å². The second-order valence-electron chi connectivity index (χ2n) is 3.99. The number of thiophene rings is 1. The average Bonchev–Trinajstić information content (AvgIpc) is 3.00. The maximum atomic E-state index is 6.04. The number of nitrogen functional groups attached to an aromatic ring is 1. The van der Waals surface area contributed by atoms with Crippen LogP contribution in [-0.4, -0.2) is 20.6 Å². The molecule has 0 saturated heterocycles. The summed E-state index contributed by atoms with van der Waals surface area (Å²) in [5.41, 5.74) is 10.0. The minimum atomic E-state index is 0.598. The number of benzene rings is 1. The van der Waals surface area contributed by atoms with E-state index in [-0.39, 0.29) is 0 Å². The Kier molecular flexibility index (Phi) is 2.56. The monoisotopic (exact) mass is 257 g/mol. The topological polar surface area (TPSA) is 80.5 Å². The lowest BCUT2D eigenvalue weighted by Gasteiger charge is -2.06. The molecule has 0 saturated carbocycles. The van der Waals surface area contributed by atoms with Crippen molar-refractivity contribution in [3.8, 4) is 21.8 Å². The SMILES string of the molecule is Cc1ccc(N)c(-c2ccsc2-c2nn[nH]n2)c1. The van der Waals surface area contributed by atoms with Crippen LogP contribution in [0.15, 0.2) is 29.6 Å². The molecular weight excluding hydrogens is 246 g/mol. The zero-order chi connectivity index (χ0) is 12.5. The second-order valence-corrected chi connectivity index (χ2v) is 4.91. The van der Waals surface area contributed by atoms with Crippen LogP contribution in [0.25, 0.3) is 21.8 Å². The lowest BCUT2D eigenvalue weighted by atomic mass is 10.0. The predicted octanol–water partition coefficient (Wildman–Crippen LogP) is 2.49. The van der Waals surface area contributed by atoms with E-state index in [1.54, 1.807) is 11.3 Å². The van der Waals surface area contributed by atoms with Gasteiger partial charge >= 0.3 is 0 Å². The Bertz CT molecular complexity index is 672. The Morgan fingerprint density at radius 2 is 2.11 bits per heavy atom. The largest absolute Gasteiger partial charge is 0.398 e. The van der Waals surface area contributed by atoms with Gasteiger partial charge in [0.15, 0.2) is 0 Å². The van der Waals surface area contributed by atoms with Crippen molar-refractivity contribution in [2.45, 2.75) is 6.92 Å². The lowest BCUT2D eigenvalue weighted by molar-refractivity contribution is 0.881. The first-order valence-electron chi connectivity index (χ1n) is 5.43. The Balaban J connectivity index is 2.19. The molecule has 0 atom stereocenters. The van der Waals surface area contributed by atoms with Crippen molar-refractivity contribution in [2.75, 3.05) is 5.73 Å². The Labute approximate surface area is 108 Å². The van der Waals surface area contributed by atoms with E-state index in [2.05, 4.69) is 26.7 Å². The molecule has 1 aromatic carbocycles. The van der Waals surface area contributed by atoms with Gasteiger partial charge in [-0.15, -0.1) is 21.5 Å². The highest BCUT2D eigenvalue weighted by Crippen LogP contribution is 2.37. The Hall–Kier alpha value is -2.21. The van der Waals surface area contributed by atoms with Crippen LogP contribution < -0.4 is 5.73 Å². The predicted molar refractivity (Wildman–Crippen MR) is 72.1 cm³/mol. The number of aryl methyl sites for hydroxylation is 1. The number of H-pyrrole nitrogens is 1. The first-order valence-corrected chi connectivity index (χ1v) is 6.31. The second kappa shape index (κ2) is 4.23. The van der Waals surface area contributed by atoms with E-state index in [9.17, 15) is 0 Å². The van der Waals surface area contributed by atoms with Gasteiger partial charge < -0.3 is 5.73 Å². The van der Waals surface area contributed by atoms with Crippen LogP contribution in [0.3, 0.4) is 0 Å². The summed E-state index contributed by atoms with van der Waals surface area (Å²) in [5.74, 6) is 0.598. The molecule has 0 aliphatic rings. The van der Waals surface area contributed by atoms with Gasteiger partial charge in [-0.1, -0.05) is 11.6 Å². The van der Waals surface area contributed by atoms with Crippen LogP contribution >= 0.6 is 11.3 Å². The molecule has 2 aromatic heterocycles. The molecule has 0 aliphatic heterocycles. The minimum Gasteiger partial charge on any atom is -0.398 e. The summed E-state index contributed by atoms with van der Waals surface area (Å²) in [7, 11) is 0. The number of tetrazole rings is 1. The van der Waals surface area contributed by atoms with Gasteiger partial charge in [0.25, 0.3) is 0 Å². The summed E-state index contributed by atoms with van der Waals surface area (Å²) >= 11 is 1.58. The molecule has 2 heterocycles. The van der Waals surface area contributed by atoms with E-state index in [0.29, 0.717) is 5.82 Å². The van der Waals surface area contributed by atoms with E-state index in [1.807, 2.05) is 30.5 Å². The van der Waals surface area contributed by atoms with Crippen molar-refractivity contribution < 1.29 is 0 Å². The summed E-state index contributed by atoms with van der Waals surface area (Å²) in [6.45, 7) is 2.04. The fourth-order valence-electron chi connectivity index (χ4n) is 1.86. The van der Waals surface area contributed by atoms with E-state index in [1.165, 1.54) is 5.56 Å². The van der Waals surface area contributed by atoms with Gasteiger partial charge in [-0.3, -0.25) is 0 Å². The molecule has 0 unspecified atom stereocenters. The van der Waals surface area contributed by atoms with Gasteiger partial charge in [-0.25, -0.2) is 0 Å². The third kappa shape index (κ3) is 1.76. The number of aromatic nitrogens is 4. The fraction of sp³-hybridized carbons (Fsp3) is 0.0833. The first kappa shape index (κ1) is 10.9. The molecule has 5 nitrogen and oxygen atoms in total. The standard InChI is InChI=1S/C12H11N5S/c1-7-2-3-10(13)9(6-7)8-4-5-18-11(8)12-14-16-17-15-12/h2-6H,13H2,1H3,(H,14,15,16,17). The van der Waals surface area contributed by atoms with Crippen LogP contribution in [0.2, 0.25) is 0 Å². The third-order valence-corrected chi connectivity index (χ3v) is 3.62. The molecule has 0 radical (unpaired) electrons. The molecule has 0 fully saturated rings. The molecule has 0 aliphatic carbocycles. The third-order valence-electron chi connectivity index (χ3n) is 2.71. The Morgan fingerprint density at radius 3 is 2.89 bits per heavy atom. The van der Waals surface area contributed by atoms with Gasteiger partial charge in [0.05, 0.1) is 4.88 Å². The summed E-state index contributed by atoms with van der Waals surface area (Å²) < 4.78 is 0. The van der Waals surface area contributed by atoms with Crippen molar-refractivity contribution in [1.82, 2.24) is 20.6 Å². The van der Waals surface area contributed by atoms with Crippen LogP contribution in [0.1, 0.15) is 5.56 Å². The maximum Gasteiger partial charge on any atom is 0.215 e. The molecular formula is C12H11N5S. The molecule has 6 heteroatoms. The van der Waals surface area contributed by atoms with Crippen molar-refractivity contribution in [1.29, 1.82) is 0 Å². The van der Waals surface area contributed by atoms with E-state index >= 15 is 0 Å². The van der Waals surface area contributed by atoms with Crippen LogP contribution in [0.5, 0.6) is 0 Å². The lowest BCUT2D eigenvalue weighted by Crippen LogP contribution is -1.91. The highest BCUT2D eigenvalue weighted by molar-refractivity contribution is 7.14. The van der Waals surface area contributed by atoms with Crippen molar-refractivity contribution in [3.05, 3.63) is 35.2 Å². The molecule has 3 N–H and O–H groups in total. The minimum absolute atomic E-state index is 0.598. The van der Waals surface area contributed by atoms with Gasteiger partial charge in [-0.05, 0) is 35.7 Å². The van der Waals surface area contributed by atoms with E-state index in [4.69, 9.17) is 5.73 Å². The van der Waals surface area contributed by atoms with Crippen molar-refractivity contribution >= 4 is 17.0 Å². The highest BCUT2D eigenvalue weighted by Gasteiger charge is 2.14. The number of anilines is 1. The highest BCUT2D eigenvalue weighted by atomic mass is 32.1. The number of rotatable bonds is 2. The Morgan fingerprint density at radius 1 is 1.22 bits per heavy atom. The summed E-state index contributed by atoms with van der Waals surface area (Å²) in [4.78, 5) is 0.973. The van der Waals surface area contributed by atoms with Crippen LogP contribution in [0, 0.1) is 6.92 Å². The number of aromatic amines is 1. The summed E-state index contributed by atoms with van der Waals surface area (Å²) in [5, 5.41) is 16.1. The van der Waals surface area contributed by atoms with Crippen LogP contribution in [-0.2, 0) is 0 Å². The van der Waals surface area contributed by atoms with Gasteiger partial charge in [0.1, 0.15) is 0 Å². The zero-order valence-corrected chi connectivity index (χ0v) is 10.5. The smallest absolute Gasteiger partial charge is 0.215 e. The molecule has 3 aromatic rings. The number of nitrogens with one attached hydrogen (secondary N) is 1. The molecule has 90 valence electrons. The van der Waals surface area contributed by atoms with Gasteiger partial charge in [0, 0.05) is 16.8 Å². The van der Waals surface area contributed by atoms with Gasteiger partial charge in [0.2, 0.25) is 5.82 Å². The molecule has 0 spiro atoms. The molecule has 0 amide bonds. The number of hydrogen-bond acceptors (Lipinski definition) is 5. The van der Waals surface area contributed by atoms with E-state index in [0.717, 1.165) is 21.7 Å². The van der Waals surface area contributed by atoms with Crippen molar-refractivity contribution in [3.63, 3.8) is 0 Å². The normalized spacial score (nSPS) is 10.7. The number of hydrogen-bond donors (Lipinski definition) is 2. The zero-order valence-electron chi connectivity index (χ0n) is 9.71. The summed E-state index contributed by atoms with van der Waals surface area (Å²) in [6.07, 6.45) is 0. The maximum absolute atomic E-state index is 6.04. The quantitative estimate of drug-likeness (QED) is 0.691. The van der Waals surface area contributed by atoms with E-state index < -0.39 is 0 Å². The average molecular weight is 257 g/mol. The number of nitrogens with two attached hydrogens (primary N) is 1. The van der Waals surface area contributed by atoms with Gasteiger partial charge in [-0.2, -0.15) is 5.21 Å². The fourth-order valence-corrected chi connectivity index (χ4v) is 2.69. The van der Waals surface area contributed by atoms with Crippen molar-refractivity contribution in [2.24, 2.45) is 0 Å². The molecule has 18 heavy (non-hydrogen) atoms. The first-order chi connectivity index (χ1) is 8.75. The summed E-state index contributed by atoms with van der Waals surface area (Å²) in [6, 6.07) is 8.02.